The Bertz CT molecular complexity index is 828. The minimum Gasteiger partial charge on any atom is -0.493 e. The van der Waals surface area contributed by atoms with Crippen molar-refractivity contribution in [3.8, 4) is 11.5 Å². The molecule has 0 radical (unpaired) electrons. The Kier molecular flexibility index (Phi) is 8.17. The topological polar surface area (TPSA) is 91.4 Å². The van der Waals surface area contributed by atoms with Crippen molar-refractivity contribution >= 4 is 17.7 Å². The van der Waals surface area contributed by atoms with Gasteiger partial charge >= 0.3 is 5.97 Å². The van der Waals surface area contributed by atoms with E-state index in [1.54, 1.807) is 27.2 Å². The van der Waals surface area contributed by atoms with Crippen molar-refractivity contribution in [2.45, 2.75) is 25.5 Å². The molecule has 1 aromatic carbocycles. The van der Waals surface area contributed by atoms with E-state index >= 15 is 0 Å². The van der Waals surface area contributed by atoms with Gasteiger partial charge in [0.05, 0.1) is 20.8 Å². The third-order valence-electron chi connectivity index (χ3n) is 4.70. The summed E-state index contributed by atoms with van der Waals surface area (Å²) >= 11 is 0. The minimum absolute atomic E-state index is 0.182. The maximum absolute atomic E-state index is 13.0. The summed E-state index contributed by atoms with van der Waals surface area (Å²) in [6.45, 7) is 2.08. The predicted octanol–water partition coefficient (Wildman–Crippen LogP) is 2.07. The molecule has 0 aliphatic heterocycles. The molecule has 1 aliphatic rings. The first-order valence-electron chi connectivity index (χ1n) is 9.53. The van der Waals surface area contributed by atoms with Crippen LogP contribution in [-0.2, 0) is 30.3 Å². The van der Waals surface area contributed by atoms with Gasteiger partial charge in [-0.05, 0) is 55.3 Å². The zero-order valence-electron chi connectivity index (χ0n) is 17.7. The van der Waals surface area contributed by atoms with Crippen LogP contribution in [0.3, 0.4) is 0 Å². The summed E-state index contributed by atoms with van der Waals surface area (Å²) in [5.41, 5.74) is -0.374. The summed E-state index contributed by atoms with van der Waals surface area (Å²) in [6, 6.07) is 5.47. The van der Waals surface area contributed by atoms with Gasteiger partial charge in [0, 0.05) is 13.7 Å². The molecule has 0 unspecified atom stereocenters. The monoisotopic (exact) mass is 417 g/mol. The van der Waals surface area contributed by atoms with E-state index in [0.717, 1.165) is 5.56 Å². The number of carbonyl (C=O) groups is 3. The highest BCUT2D eigenvalue weighted by atomic mass is 16.5. The quantitative estimate of drug-likeness (QED) is 0.327. The molecular weight excluding hydrogens is 390 g/mol. The molecule has 162 valence electrons. The average Bonchev–Trinajstić information content (AvgIpc) is 2.75. The van der Waals surface area contributed by atoms with E-state index in [1.165, 1.54) is 36.3 Å². The summed E-state index contributed by atoms with van der Waals surface area (Å²) in [5.74, 6) is -0.130. The number of hydrogen-bond acceptors (Lipinski definition) is 7. The van der Waals surface area contributed by atoms with E-state index in [2.05, 4.69) is 0 Å². The van der Waals surface area contributed by atoms with Gasteiger partial charge in [0.1, 0.15) is 6.42 Å². The summed E-state index contributed by atoms with van der Waals surface area (Å²) in [6.07, 6.45) is 5.71. The highest BCUT2D eigenvalue weighted by Crippen LogP contribution is 2.29. The summed E-state index contributed by atoms with van der Waals surface area (Å²) in [7, 11) is 4.54. The third kappa shape index (κ3) is 5.48. The van der Waals surface area contributed by atoms with Crippen LogP contribution in [-0.4, -0.2) is 62.8 Å². The second-order valence-corrected chi connectivity index (χ2v) is 6.49. The fourth-order valence-electron chi connectivity index (χ4n) is 3.14. The lowest BCUT2D eigenvalue weighted by Gasteiger charge is -2.39. The van der Waals surface area contributed by atoms with Gasteiger partial charge in [0.15, 0.2) is 23.0 Å². The van der Waals surface area contributed by atoms with E-state index < -0.39 is 24.0 Å². The molecule has 1 aromatic rings. The molecule has 30 heavy (non-hydrogen) atoms. The van der Waals surface area contributed by atoms with Crippen LogP contribution < -0.4 is 9.47 Å². The first-order chi connectivity index (χ1) is 14.4. The number of ketones is 1. The normalized spacial score (nSPS) is 14.3. The molecule has 0 saturated carbocycles. The second kappa shape index (κ2) is 10.6. The highest BCUT2D eigenvalue weighted by molar-refractivity contribution is 6.01. The number of esters is 1. The number of amides is 1. The van der Waals surface area contributed by atoms with E-state index in [-0.39, 0.29) is 18.9 Å². The molecule has 0 bridgehead atoms. The molecule has 1 amide bonds. The Morgan fingerprint density at radius 2 is 1.70 bits per heavy atom. The van der Waals surface area contributed by atoms with Crippen LogP contribution in [0.15, 0.2) is 42.5 Å². The van der Waals surface area contributed by atoms with Crippen LogP contribution in [0.4, 0.5) is 0 Å². The highest BCUT2D eigenvalue weighted by Gasteiger charge is 2.37. The summed E-state index contributed by atoms with van der Waals surface area (Å²) < 4.78 is 21.1. The van der Waals surface area contributed by atoms with Crippen molar-refractivity contribution < 1.29 is 33.3 Å². The molecule has 0 aromatic heterocycles. The second-order valence-electron chi connectivity index (χ2n) is 6.49. The van der Waals surface area contributed by atoms with Gasteiger partial charge in [-0.2, -0.15) is 0 Å². The molecule has 1 aliphatic carbocycles. The van der Waals surface area contributed by atoms with Gasteiger partial charge in [-0.3, -0.25) is 14.4 Å². The smallest absolute Gasteiger partial charge is 0.315 e. The standard InChI is InChI=1S/C22H27NO7/c1-5-30-21(26)15-20(25)23(22(29-4)11-8-17(24)9-12-22)13-10-16-6-7-18(27-2)19(14-16)28-3/h6-9,11-12,14H,5,10,13,15H2,1-4H3. The van der Waals surface area contributed by atoms with Crippen LogP contribution >= 0.6 is 0 Å². The number of methoxy groups -OCH3 is 3. The number of benzene rings is 1. The van der Waals surface area contributed by atoms with E-state index in [1.807, 2.05) is 12.1 Å². The maximum atomic E-state index is 13.0. The lowest BCUT2D eigenvalue weighted by atomic mass is 10.0. The third-order valence-corrected chi connectivity index (χ3v) is 4.70. The van der Waals surface area contributed by atoms with Crippen molar-refractivity contribution in [2.75, 3.05) is 34.5 Å². The molecule has 0 atom stereocenters. The number of carbonyl (C=O) groups excluding carboxylic acids is 3. The van der Waals surface area contributed by atoms with Crippen LogP contribution in [0.1, 0.15) is 18.9 Å². The van der Waals surface area contributed by atoms with Crippen LogP contribution in [0, 0.1) is 0 Å². The zero-order chi connectivity index (χ0) is 22.1. The molecular formula is C22H27NO7. The van der Waals surface area contributed by atoms with Gasteiger partial charge in [-0.1, -0.05) is 6.07 Å². The van der Waals surface area contributed by atoms with Crippen molar-refractivity contribution in [1.29, 1.82) is 0 Å². The van der Waals surface area contributed by atoms with Gasteiger partial charge in [-0.25, -0.2) is 0 Å². The molecule has 2 rings (SSSR count). The van der Waals surface area contributed by atoms with Crippen LogP contribution in [0.25, 0.3) is 0 Å². The van der Waals surface area contributed by atoms with Crippen molar-refractivity contribution in [3.05, 3.63) is 48.1 Å². The van der Waals surface area contributed by atoms with Crippen LogP contribution in [0.5, 0.6) is 11.5 Å². The van der Waals surface area contributed by atoms with Gasteiger partial charge in [-0.15, -0.1) is 0 Å². The fourth-order valence-corrected chi connectivity index (χ4v) is 3.14. The van der Waals surface area contributed by atoms with Gasteiger partial charge in [0.2, 0.25) is 5.91 Å². The number of hydrogen-bond donors (Lipinski definition) is 0. The van der Waals surface area contributed by atoms with Gasteiger partial charge < -0.3 is 23.8 Å². The number of nitrogens with zero attached hydrogens (tertiary/aromatic N) is 1. The number of allylic oxidation sites excluding steroid dienone is 2. The fraction of sp³-hybridized carbons (Fsp3) is 0.409. The zero-order valence-corrected chi connectivity index (χ0v) is 17.7. The molecule has 0 spiro atoms. The molecule has 8 nitrogen and oxygen atoms in total. The van der Waals surface area contributed by atoms with Crippen molar-refractivity contribution in [3.63, 3.8) is 0 Å². The number of ether oxygens (including phenoxy) is 4. The molecule has 0 fully saturated rings. The van der Waals surface area contributed by atoms with Gasteiger partial charge in [0.25, 0.3) is 0 Å². The average molecular weight is 417 g/mol. The Hall–Kier alpha value is -3.13. The Morgan fingerprint density at radius 3 is 2.27 bits per heavy atom. The van der Waals surface area contributed by atoms with E-state index in [0.29, 0.717) is 17.9 Å². The molecule has 0 N–H and O–H groups in total. The molecule has 0 heterocycles. The largest absolute Gasteiger partial charge is 0.493 e. The first kappa shape index (κ1) is 23.2. The Morgan fingerprint density at radius 1 is 1.03 bits per heavy atom. The number of rotatable bonds is 10. The van der Waals surface area contributed by atoms with E-state index in [9.17, 15) is 14.4 Å². The first-order valence-corrected chi connectivity index (χ1v) is 9.53. The maximum Gasteiger partial charge on any atom is 0.315 e. The van der Waals surface area contributed by atoms with E-state index in [4.69, 9.17) is 18.9 Å². The Balaban J connectivity index is 2.28. The lowest BCUT2D eigenvalue weighted by molar-refractivity contribution is -0.157. The molecule has 0 saturated heterocycles. The molecule has 8 heteroatoms. The summed E-state index contributed by atoms with van der Waals surface area (Å²) in [5, 5.41) is 0. The Labute approximate surface area is 176 Å². The van der Waals surface area contributed by atoms with Crippen LogP contribution in [0.2, 0.25) is 0 Å². The predicted molar refractivity (Wildman–Crippen MR) is 109 cm³/mol. The summed E-state index contributed by atoms with van der Waals surface area (Å²) in [4.78, 5) is 37.9. The lowest BCUT2D eigenvalue weighted by Crippen LogP contribution is -2.52. The van der Waals surface area contributed by atoms with Crippen molar-refractivity contribution in [1.82, 2.24) is 4.90 Å². The van der Waals surface area contributed by atoms with Crippen molar-refractivity contribution in [2.24, 2.45) is 0 Å². The minimum atomic E-state index is -1.27. The SMILES string of the molecule is CCOC(=O)CC(=O)N(CCc1ccc(OC)c(OC)c1)C1(OC)C=CC(=O)C=C1.